The summed E-state index contributed by atoms with van der Waals surface area (Å²) < 4.78 is 5.39. The number of rotatable bonds is 7. The van der Waals surface area contributed by atoms with Crippen LogP contribution in [0.15, 0.2) is 48.5 Å². The van der Waals surface area contributed by atoms with Crippen molar-refractivity contribution >= 4 is 18.0 Å². The number of nitrogens with one attached hydrogen (secondary N) is 2. The van der Waals surface area contributed by atoms with E-state index < -0.39 is 23.5 Å². The Balaban J connectivity index is 1.51. The molecule has 3 N–H and O–H groups in total. The number of carbonyl (C=O) groups excluding carboxylic acids is 2. The molecule has 0 bridgehead atoms. The maximum atomic E-state index is 12.1. The van der Waals surface area contributed by atoms with Gasteiger partial charge < -0.3 is 20.5 Å². The Labute approximate surface area is 187 Å². The first kappa shape index (κ1) is 22.9. The number of amides is 2. The van der Waals surface area contributed by atoms with E-state index in [-0.39, 0.29) is 25.5 Å². The van der Waals surface area contributed by atoms with Crippen molar-refractivity contribution in [3.8, 4) is 23.0 Å². The molecule has 1 atom stereocenters. The minimum absolute atomic E-state index is 0.0442. The number of alkyl carbamates (subject to hydrolysis) is 1. The van der Waals surface area contributed by atoms with Crippen LogP contribution in [0.4, 0.5) is 4.79 Å². The number of ether oxygens (including phenoxy) is 1. The number of carboxylic acid groups (broad SMARTS) is 1. The normalized spacial score (nSPS) is 13.6. The molecule has 0 aliphatic heterocycles. The summed E-state index contributed by atoms with van der Waals surface area (Å²) in [6.45, 7) is 3.36. The molecule has 1 aliphatic rings. The maximum Gasteiger partial charge on any atom is 0.407 e. The molecule has 7 nitrogen and oxygen atoms in total. The number of fused-ring (bicyclic) bond motifs is 3. The fraction of sp³-hybridized carbons (Fsp3) is 0.320. The van der Waals surface area contributed by atoms with Gasteiger partial charge >= 0.3 is 12.1 Å². The Morgan fingerprint density at radius 3 is 2.22 bits per heavy atom. The van der Waals surface area contributed by atoms with Gasteiger partial charge in [-0.05, 0) is 41.5 Å². The van der Waals surface area contributed by atoms with Crippen molar-refractivity contribution in [2.75, 3.05) is 13.2 Å². The van der Waals surface area contributed by atoms with Crippen molar-refractivity contribution in [3.05, 3.63) is 59.7 Å². The van der Waals surface area contributed by atoms with Crippen LogP contribution >= 0.6 is 0 Å². The first-order valence-corrected chi connectivity index (χ1v) is 10.5. The SMILES string of the molecule is CCCC(C)(NC(=O)C#CCNC(=O)OCC1c2ccccc2-c2ccccc21)C(=O)O. The van der Waals surface area contributed by atoms with Crippen LogP contribution < -0.4 is 10.6 Å². The van der Waals surface area contributed by atoms with Crippen molar-refractivity contribution in [3.63, 3.8) is 0 Å². The van der Waals surface area contributed by atoms with E-state index in [2.05, 4.69) is 34.6 Å². The smallest absolute Gasteiger partial charge is 0.407 e. The van der Waals surface area contributed by atoms with Crippen molar-refractivity contribution in [2.24, 2.45) is 0 Å². The van der Waals surface area contributed by atoms with Crippen LogP contribution in [0.3, 0.4) is 0 Å². The summed E-state index contributed by atoms with van der Waals surface area (Å²) in [7, 11) is 0. The van der Waals surface area contributed by atoms with E-state index >= 15 is 0 Å². The van der Waals surface area contributed by atoms with Crippen molar-refractivity contribution in [1.29, 1.82) is 0 Å². The summed E-state index contributed by atoms with van der Waals surface area (Å²) in [5.41, 5.74) is 3.15. The van der Waals surface area contributed by atoms with Gasteiger partial charge in [-0.1, -0.05) is 67.8 Å². The molecule has 0 saturated carbocycles. The third kappa shape index (κ3) is 5.09. The first-order chi connectivity index (χ1) is 15.4. The number of carbonyl (C=O) groups is 3. The Morgan fingerprint density at radius 2 is 1.66 bits per heavy atom. The summed E-state index contributed by atoms with van der Waals surface area (Å²) in [5, 5.41) is 14.2. The van der Waals surface area contributed by atoms with Gasteiger partial charge in [-0.2, -0.15) is 0 Å². The summed E-state index contributed by atoms with van der Waals surface area (Å²) in [5.74, 6) is 2.93. The third-order valence-corrected chi connectivity index (χ3v) is 5.48. The van der Waals surface area contributed by atoms with Crippen molar-refractivity contribution in [2.45, 2.75) is 38.1 Å². The van der Waals surface area contributed by atoms with E-state index in [0.717, 1.165) is 22.3 Å². The van der Waals surface area contributed by atoms with Crippen LogP contribution in [0.25, 0.3) is 11.1 Å². The highest BCUT2D eigenvalue weighted by Crippen LogP contribution is 2.44. The summed E-state index contributed by atoms with van der Waals surface area (Å²) in [6.07, 6.45) is 0.246. The van der Waals surface area contributed by atoms with E-state index in [1.165, 1.54) is 6.92 Å². The van der Waals surface area contributed by atoms with Crippen LogP contribution in [0.2, 0.25) is 0 Å². The second-order valence-corrected chi connectivity index (χ2v) is 7.82. The second-order valence-electron chi connectivity index (χ2n) is 7.82. The predicted molar refractivity (Wildman–Crippen MR) is 120 cm³/mol. The van der Waals surface area contributed by atoms with Gasteiger partial charge in [-0.25, -0.2) is 9.59 Å². The molecular formula is C25H26N2O5. The Bertz CT molecular complexity index is 1040. The number of aliphatic carboxylic acids is 1. The average molecular weight is 434 g/mol. The Morgan fingerprint density at radius 1 is 1.06 bits per heavy atom. The van der Waals surface area contributed by atoms with E-state index in [1.807, 2.05) is 43.3 Å². The topological polar surface area (TPSA) is 105 Å². The molecule has 2 aromatic carbocycles. The first-order valence-electron chi connectivity index (χ1n) is 10.5. The molecule has 166 valence electrons. The molecule has 0 spiro atoms. The molecule has 1 aliphatic carbocycles. The highest BCUT2D eigenvalue weighted by atomic mass is 16.5. The summed E-state index contributed by atoms with van der Waals surface area (Å²) in [4.78, 5) is 35.4. The van der Waals surface area contributed by atoms with E-state index in [1.54, 1.807) is 0 Å². The largest absolute Gasteiger partial charge is 0.480 e. The van der Waals surface area contributed by atoms with Gasteiger partial charge in [0.05, 0.1) is 6.54 Å². The number of hydrogen-bond acceptors (Lipinski definition) is 4. The maximum absolute atomic E-state index is 12.1. The molecular weight excluding hydrogens is 408 g/mol. The molecule has 0 heterocycles. The van der Waals surface area contributed by atoms with Gasteiger partial charge in [0.1, 0.15) is 12.1 Å². The van der Waals surface area contributed by atoms with Crippen LogP contribution in [0.1, 0.15) is 43.7 Å². The lowest BCUT2D eigenvalue weighted by molar-refractivity contribution is -0.146. The predicted octanol–water partition coefficient (Wildman–Crippen LogP) is 3.29. The molecule has 2 aromatic rings. The van der Waals surface area contributed by atoms with Gasteiger partial charge in [-0.3, -0.25) is 4.79 Å². The highest BCUT2D eigenvalue weighted by Gasteiger charge is 2.33. The minimum Gasteiger partial charge on any atom is -0.480 e. The van der Waals surface area contributed by atoms with Crippen LogP contribution in [-0.2, 0) is 14.3 Å². The number of hydrogen-bond donors (Lipinski definition) is 3. The fourth-order valence-electron chi connectivity index (χ4n) is 3.90. The summed E-state index contributed by atoms with van der Waals surface area (Å²) >= 11 is 0. The molecule has 1 unspecified atom stereocenters. The number of carboxylic acids is 1. The van der Waals surface area contributed by atoms with Crippen molar-refractivity contribution < 1.29 is 24.2 Å². The van der Waals surface area contributed by atoms with E-state index in [9.17, 15) is 19.5 Å². The molecule has 32 heavy (non-hydrogen) atoms. The van der Waals surface area contributed by atoms with Gasteiger partial charge in [0.25, 0.3) is 5.91 Å². The van der Waals surface area contributed by atoms with E-state index in [0.29, 0.717) is 6.42 Å². The lowest BCUT2D eigenvalue weighted by Gasteiger charge is -2.24. The third-order valence-electron chi connectivity index (χ3n) is 5.48. The lowest BCUT2D eigenvalue weighted by atomic mass is 9.96. The molecule has 0 radical (unpaired) electrons. The Kier molecular flexibility index (Phi) is 7.16. The molecule has 3 rings (SSSR count). The minimum atomic E-state index is -1.37. The zero-order chi connectivity index (χ0) is 23.1. The molecule has 0 aromatic heterocycles. The summed E-state index contributed by atoms with van der Waals surface area (Å²) in [6, 6.07) is 16.1. The van der Waals surface area contributed by atoms with Crippen molar-refractivity contribution in [1.82, 2.24) is 10.6 Å². The Hall–Kier alpha value is -3.79. The fourth-order valence-corrected chi connectivity index (χ4v) is 3.90. The highest BCUT2D eigenvalue weighted by molar-refractivity contribution is 5.97. The standard InChI is InChI=1S/C25H26N2O5/c1-3-14-25(2,23(29)30)27-22(28)13-8-15-26-24(31)32-16-21-19-11-6-4-9-17(19)18-10-5-7-12-20(18)21/h4-7,9-12,21H,3,14-16H2,1-2H3,(H,26,31)(H,27,28)(H,29,30). The monoisotopic (exact) mass is 434 g/mol. The van der Waals surface area contributed by atoms with E-state index in [4.69, 9.17) is 4.74 Å². The molecule has 7 heteroatoms. The molecule has 0 fully saturated rings. The zero-order valence-electron chi connectivity index (χ0n) is 18.1. The average Bonchev–Trinajstić information content (AvgIpc) is 3.09. The van der Waals surface area contributed by atoms with Gasteiger partial charge in [0.15, 0.2) is 0 Å². The van der Waals surface area contributed by atoms with Crippen LogP contribution in [0.5, 0.6) is 0 Å². The van der Waals surface area contributed by atoms with Crippen LogP contribution in [-0.4, -0.2) is 41.8 Å². The van der Waals surface area contributed by atoms with Gasteiger partial charge in [0, 0.05) is 5.92 Å². The lowest BCUT2D eigenvalue weighted by Crippen LogP contribution is -2.51. The quantitative estimate of drug-likeness (QED) is 0.580. The van der Waals surface area contributed by atoms with Gasteiger partial charge in [-0.15, -0.1) is 0 Å². The second kappa shape index (κ2) is 10.0. The van der Waals surface area contributed by atoms with Crippen LogP contribution in [0, 0.1) is 11.8 Å². The molecule has 2 amide bonds. The number of benzene rings is 2. The molecule has 0 saturated heterocycles. The van der Waals surface area contributed by atoms with Gasteiger partial charge in [0.2, 0.25) is 0 Å². The zero-order valence-corrected chi connectivity index (χ0v) is 18.1.